The average molecular weight is 902 g/mol. The highest BCUT2D eigenvalue weighted by Crippen LogP contribution is 2.70. The summed E-state index contributed by atoms with van der Waals surface area (Å²) in [6.07, 6.45) is 36.3. The van der Waals surface area contributed by atoms with Crippen LogP contribution in [0.3, 0.4) is 0 Å². The topological polar surface area (TPSA) is 12.5 Å². The molecule has 9 aliphatic rings. The predicted molar refractivity (Wildman–Crippen MR) is 285 cm³/mol. The molecule has 6 aromatic rings. The second-order valence-corrected chi connectivity index (χ2v) is 21.9. The van der Waals surface area contributed by atoms with Crippen molar-refractivity contribution >= 4 is 11.4 Å². The Morgan fingerprint density at radius 1 is 0.600 bits per heavy atom. The Labute approximate surface area is 412 Å². The fourth-order valence-corrected chi connectivity index (χ4v) is 14.2. The molecule has 1 heterocycles. The molecule has 0 amide bonds. The molecule has 1 spiro atoms. The summed E-state index contributed by atoms with van der Waals surface area (Å²) in [5.41, 5.74) is 20.3. The van der Waals surface area contributed by atoms with Gasteiger partial charge in [-0.2, -0.15) is 0 Å². The number of nitrogens with zero attached hydrogens (tertiary/aromatic N) is 1. The Bertz CT molecular complexity index is 3540. The maximum Gasteiger partial charge on any atom is 0.142 e. The van der Waals surface area contributed by atoms with Crippen molar-refractivity contribution < 1.29 is 4.74 Å². The number of aryl methyl sites for hydroxylation is 1. The van der Waals surface area contributed by atoms with Crippen LogP contribution in [0.25, 0.3) is 11.1 Å². The lowest BCUT2D eigenvalue weighted by Gasteiger charge is -2.45. The van der Waals surface area contributed by atoms with E-state index in [4.69, 9.17) is 4.74 Å². The number of benzene rings is 6. The monoisotopic (exact) mass is 901 g/mol. The molecule has 2 nitrogen and oxygen atoms in total. The van der Waals surface area contributed by atoms with E-state index in [9.17, 15) is 0 Å². The minimum absolute atomic E-state index is 0.0241. The standard InChI is InChI=1S/C68H55NO/c1-45-24-28-51(39-60(45)66-34-15-14-33-64(66,2)44-66)68(52-37-54-43-67(54)62(40-52)58-21-10-5-11-23-63(58)70-67)59-22-13-12-18-48(59)36-49-27-31-56(41-61(49)68)69(55-29-25-47(26-30-55)46-16-6-3-7-17-46)57-32-35-65(42-53(65)38-57)50-19-8-4-9-20-50/h3-4,6-35,37-41,53-54H,5,36,42-44H2,1-2H3. The molecule has 0 bridgehead atoms. The first kappa shape index (κ1) is 40.5. The Kier molecular flexibility index (Phi) is 8.28. The zero-order valence-electron chi connectivity index (χ0n) is 39.9. The van der Waals surface area contributed by atoms with Crippen LogP contribution in [0.5, 0.6) is 0 Å². The van der Waals surface area contributed by atoms with Gasteiger partial charge in [0, 0.05) is 56.8 Å². The third-order valence-corrected chi connectivity index (χ3v) is 18.2. The molecule has 3 fully saturated rings. The minimum Gasteiger partial charge on any atom is -0.481 e. The SMILES string of the molecule is Cc1ccc(C2(C3=CC4CC45OC4=C(C=CCC=C4)C5=C3)c3ccccc3Cc3ccc(N(C4=CC5CC5(c5ccccc5)C=C4)c4ccc(-c5ccccc5)cc4)cc32)cc1C12C=CC=CC1(C)C2. The largest absolute Gasteiger partial charge is 0.481 e. The first-order valence-electron chi connectivity index (χ1n) is 25.7. The van der Waals surface area contributed by atoms with Gasteiger partial charge in [0.05, 0.1) is 5.41 Å². The lowest BCUT2D eigenvalue weighted by atomic mass is 9.57. The highest BCUT2D eigenvalue weighted by atomic mass is 16.5. The fourth-order valence-electron chi connectivity index (χ4n) is 14.2. The van der Waals surface area contributed by atoms with Gasteiger partial charge in [-0.05, 0) is 142 Å². The van der Waals surface area contributed by atoms with Gasteiger partial charge in [-0.3, -0.25) is 0 Å². The third-order valence-electron chi connectivity index (χ3n) is 18.2. The fraction of sp³-hybridized carbons (Fsp3) is 0.206. The molecule has 7 unspecified atom stereocenters. The molecule has 0 aromatic heterocycles. The van der Waals surface area contributed by atoms with E-state index in [0.29, 0.717) is 5.92 Å². The van der Waals surface area contributed by atoms with Crippen molar-refractivity contribution in [1.29, 1.82) is 0 Å². The normalized spacial score (nSPS) is 30.5. The van der Waals surface area contributed by atoms with E-state index in [1.807, 2.05) is 0 Å². The van der Waals surface area contributed by atoms with E-state index in [1.54, 1.807) is 0 Å². The zero-order valence-corrected chi connectivity index (χ0v) is 39.9. The van der Waals surface area contributed by atoms with Crippen molar-refractivity contribution in [2.45, 2.75) is 67.8 Å². The van der Waals surface area contributed by atoms with Gasteiger partial charge in [0.25, 0.3) is 0 Å². The Morgan fingerprint density at radius 2 is 1.36 bits per heavy atom. The molecule has 2 heteroatoms. The molecule has 1 aliphatic heterocycles. The second-order valence-electron chi connectivity index (χ2n) is 21.9. The summed E-state index contributed by atoms with van der Waals surface area (Å²) >= 11 is 0. The van der Waals surface area contributed by atoms with E-state index in [2.05, 4.69) is 243 Å². The molecule has 0 N–H and O–H groups in total. The van der Waals surface area contributed by atoms with Crippen molar-refractivity contribution in [3.8, 4) is 11.1 Å². The van der Waals surface area contributed by atoms with Gasteiger partial charge >= 0.3 is 0 Å². The molecule has 15 rings (SSSR count). The third kappa shape index (κ3) is 5.56. The van der Waals surface area contributed by atoms with Crippen molar-refractivity contribution in [2.75, 3.05) is 4.90 Å². The first-order chi connectivity index (χ1) is 34.3. The van der Waals surface area contributed by atoms with Gasteiger partial charge in [0.2, 0.25) is 0 Å². The van der Waals surface area contributed by atoms with E-state index < -0.39 is 5.41 Å². The van der Waals surface area contributed by atoms with Crippen LogP contribution < -0.4 is 4.90 Å². The van der Waals surface area contributed by atoms with Crippen LogP contribution in [0, 0.1) is 24.2 Å². The molecule has 3 saturated carbocycles. The molecular formula is C68H55NO. The maximum atomic E-state index is 7.01. The van der Waals surface area contributed by atoms with Gasteiger partial charge in [-0.1, -0.05) is 189 Å². The van der Waals surface area contributed by atoms with Gasteiger partial charge in [0.1, 0.15) is 11.4 Å². The average Bonchev–Trinajstić information content (AvgIpc) is 4.35. The highest BCUT2D eigenvalue weighted by molar-refractivity contribution is 5.79. The summed E-state index contributed by atoms with van der Waals surface area (Å²) in [4.78, 5) is 2.54. The van der Waals surface area contributed by atoms with Gasteiger partial charge in [0.15, 0.2) is 0 Å². The number of hydrogen-bond acceptors (Lipinski definition) is 2. The van der Waals surface area contributed by atoms with Crippen LogP contribution >= 0.6 is 0 Å². The smallest absolute Gasteiger partial charge is 0.142 e. The van der Waals surface area contributed by atoms with Crippen LogP contribution in [0.4, 0.5) is 11.4 Å². The molecular weight excluding hydrogens is 847 g/mol. The van der Waals surface area contributed by atoms with E-state index in [1.165, 1.54) is 83.7 Å². The Balaban J connectivity index is 0.965. The minimum atomic E-state index is -0.618. The van der Waals surface area contributed by atoms with Crippen molar-refractivity contribution in [1.82, 2.24) is 0 Å². The Morgan fingerprint density at radius 3 is 2.20 bits per heavy atom. The molecule has 338 valence electrons. The number of anilines is 2. The van der Waals surface area contributed by atoms with Crippen molar-refractivity contribution in [3.05, 3.63) is 297 Å². The second kappa shape index (κ2) is 14.3. The first-order valence-corrected chi connectivity index (χ1v) is 25.7. The quantitative estimate of drug-likeness (QED) is 0.151. The molecule has 0 saturated heterocycles. The van der Waals surface area contributed by atoms with Crippen LogP contribution in [-0.2, 0) is 27.4 Å². The summed E-state index contributed by atoms with van der Waals surface area (Å²) in [5, 5.41) is 0. The van der Waals surface area contributed by atoms with Crippen LogP contribution in [0.2, 0.25) is 0 Å². The number of fused-ring (bicyclic) bond motifs is 5. The lowest BCUT2D eigenvalue weighted by molar-refractivity contribution is 0.145. The van der Waals surface area contributed by atoms with E-state index >= 15 is 0 Å². The lowest BCUT2D eigenvalue weighted by Crippen LogP contribution is -2.38. The highest BCUT2D eigenvalue weighted by Gasteiger charge is 2.66. The summed E-state index contributed by atoms with van der Waals surface area (Å²) < 4.78 is 7.01. The molecule has 6 aromatic carbocycles. The van der Waals surface area contributed by atoms with Gasteiger partial charge in [-0.15, -0.1) is 0 Å². The number of ether oxygens (including phenoxy) is 1. The predicted octanol–water partition coefficient (Wildman–Crippen LogP) is 15.6. The number of rotatable bonds is 8. The molecule has 8 aliphatic carbocycles. The number of allylic oxidation sites excluding steroid dienone is 13. The Hall–Kier alpha value is -7.42. The summed E-state index contributed by atoms with van der Waals surface area (Å²) in [6.45, 7) is 4.79. The van der Waals surface area contributed by atoms with Crippen LogP contribution in [-0.4, -0.2) is 5.60 Å². The maximum absolute atomic E-state index is 7.01. The van der Waals surface area contributed by atoms with Crippen LogP contribution in [0.1, 0.15) is 77.1 Å². The van der Waals surface area contributed by atoms with E-state index in [-0.39, 0.29) is 27.8 Å². The van der Waals surface area contributed by atoms with E-state index in [0.717, 1.165) is 43.6 Å². The van der Waals surface area contributed by atoms with Crippen LogP contribution in [0.15, 0.2) is 253 Å². The van der Waals surface area contributed by atoms with Gasteiger partial charge in [-0.25, -0.2) is 0 Å². The molecule has 70 heavy (non-hydrogen) atoms. The summed E-state index contributed by atoms with van der Waals surface area (Å²) in [5.74, 6) is 1.75. The number of hydrogen-bond donors (Lipinski definition) is 0. The molecule has 0 radical (unpaired) electrons. The zero-order chi connectivity index (χ0) is 46.5. The van der Waals surface area contributed by atoms with Crippen molar-refractivity contribution in [2.24, 2.45) is 17.3 Å². The van der Waals surface area contributed by atoms with Crippen molar-refractivity contribution in [3.63, 3.8) is 0 Å². The summed E-state index contributed by atoms with van der Waals surface area (Å²) in [7, 11) is 0. The van der Waals surface area contributed by atoms with Gasteiger partial charge < -0.3 is 9.64 Å². The molecule has 7 atom stereocenters. The summed E-state index contributed by atoms with van der Waals surface area (Å²) in [6, 6.07) is 55.6.